The number of carbonyl (C=O) groups is 1. The average Bonchev–Trinajstić information content (AvgIpc) is 2.95. The van der Waals surface area contributed by atoms with Crippen LogP contribution in [-0.2, 0) is 6.42 Å². The van der Waals surface area contributed by atoms with Gasteiger partial charge in [0.2, 0.25) is 0 Å². The fraction of sp³-hybridized carbons (Fsp3) is 0.333. The predicted molar refractivity (Wildman–Crippen MR) is 73.5 cm³/mol. The third kappa shape index (κ3) is 2.05. The molecule has 2 aromatic rings. The zero-order valence-corrected chi connectivity index (χ0v) is 11.5. The van der Waals surface area contributed by atoms with E-state index in [1.165, 1.54) is 0 Å². The first kappa shape index (κ1) is 12.7. The molecule has 1 aliphatic rings. The maximum Gasteiger partial charge on any atom is 0.166 e. The van der Waals surface area contributed by atoms with Gasteiger partial charge in [0.05, 0.1) is 26.0 Å². The summed E-state index contributed by atoms with van der Waals surface area (Å²) >= 11 is 0. The zero-order chi connectivity index (χ0) is 14.1. The minimum Gasteiger partial charge on any atom is -0.493 e. The molecule has 0 saturated carbocycles. The molecule has 5 heteroatoms. The molecule has 0 spiro atoms. The van der Waals surface area contributed by atoms with Gasteiger partial charge in [-0.15, -0.1) is 0 Å². The van der Waals surface area contributed by atoms with Crippen LogP contribution in [0, 0.1) is 0 Å². The number of carbonyl (C=O) groups excluding carboxylic acids is 1. The zero-order valence-electron chi connectivity index (χ0n) is 11.5. The fourth-order valence-corrected chi connectivity index (χ4v) is 2.70. The second kappa shape index (κ2) is 5.00. The van der Waals surface area contributed by atoms with Crippen LogP contribution in [0.25, 0.3) is 0 Å². The standard InChI is InChI=1S/C15H16N2O3/c1-19-14-4-3-9(7-15(14)20-2)10-5-12-11(8-16-17-12)13(18)6-10/h3-4,7-8,10H,5-6H2,1-2H3,(H,16,17). The number of ketones is 1. The van der Waals surface area contributed by atoms with Crippen LogP contribution in [0.2, 0.25) is 0 Å². The van der Waals surface area contributed by atoms with E-state index in [-0.39, 0.29) is 11.7 Å². The number of hydrogen-bond donors (Lipinski definition) is 1. The summed E-state index contributed by atoms with van der Waals surface area (Å²) < 4.78 is 10.6. The van der Waals surface area contributed by atoms with E-state index < -0.39 is 0 Å². The van der Waals surface area contributed by atoms with Crippen LogP contribution >= 0.6 is 0 Å². The van der Waals surface area contributed by atoms with Crippen molar-refractivity contribution in [2.75, 3.05) is 14.2 Å². The van der Waals surface area contributed by atoms with Crippen molar-refractivity contribution in [1.29, 1.82) is 0 Å². The van der Waals surface area contributed by atoms with E-state index in [2.05, 4.69) is 10.2 Å². The summed E-state index contributed by atoms with van der Waals surface area (Å²) in [5, 5.41) is 6.87. The highest BCUT2D eigenvalue weighted by Crippen LogP contribution is 2.36. The number of hydrogen-bond acceptors (Lipinski definition) is 4. The number of benzene rings is 1. The molecule has 1 aliphatic carbocycles. The first-order valence-electron chi connectivity index (χ1n) is 6.50. The minimum absolute atomic E-state index is 0.139. The number of Topliss-reactive ketones (excluding diaryl/α,β-unsaturated/α-hetero) is 1. The summed E-state index contributed by atoms with van der Waals surface area (Å²) in [6.45, 7) is 0. The maximum atomic E-state index is 12.1. The SMILES string of the molecule is COc1ccc(C2CC(=O)c3cn[nH]c3C2)cc1OC. The van der Waals surface area contributed by atoms with Crippen molar-refractivity contribution < 1.29 is 14.3 Å². The number of methoxy groups -OCH3 is 2. The van der Waals surface area contributed by atoms with E-state index in [4.69, 9.17) is 9.47 Å². The molecule has 1 aromatic heterocycles. The van der Waals surface area contributed by atoms with E-state index in [0.717, 1.165) is 23.2 Å². The summed E-state index contributed by atoms with van der Waals surface area (Å²) in [5.74, 6) is 1.67. The Morgan fingerprint density at radius 1 is 1.20 bits per heavy atom. The molecule has 1 unspecified atom stereocenters. The van der Waals surface area contributed by atoms with Gasteiger partial charge < -0.3 is 9.47 Å². The molecule has 0 fully saturated rings. The van der Waals surface area contributed by atoms with Gasteiger partial charge in [0.1, 0.15) is 0 Å². The molecule has 1 atom stereocenters. The van der Waals surface area contributed by atoms with Crippen molar-refractivity contribution in [3.8, 4) is 11.5 Å². The highest BCUT2D eigenvalue weighted by Gasteiger charge is 2.28. The van der Waals surface area contributed by atoms with Crippen molar-refractivity contribution in [1.82, 2.24) is 10.2 Å². The molecule has 5 nitrogen and oxygen atoms in total. The number of nitrogens with one attached hydrogen (secondary N) is 1. The summed E-state index contributed by atoms with van der Waals surface area (Å²) in [6.07, 6.45) is 2.90. The second-order valence-electron chi connectivity index (χ2n) is 4.90. The fourth-order valence-electron chi connectivity index (χ4n) is 2.70. The van der Waals surface area contributed by atoms with E-state index in [0.29, 0.717) is 17.9 Å². The molecule has 0 amide bonds. The van der Waals surface area contributed by atoms with E-state index >= 15 is 0 Å². The third-order valence-electron chi connectivity index (χ3n) is 3.78. The largest absolute Gasteiger partial charge is 0.493 e. The van der Waals surface area contributed by atoms with Gasteiger partial charge in [-0.05, 0) is 30.0 Å². The first-order chi connectivity index (χ1) is 9.72. The van der Waals surface area contributed by atoms with E-state index in [9.17, 15) is 4.79 Å². The average molecular weight is 272 g/mol. The Morgan fingerprint density at radius 2 is 2.00 bits per heavy atom. The van der Waals surface area contributed by atoms with Gasteiger partial charge in [-0.25, -0.2) is 0 Å². The topological polar surface area (TPSA) is 64.2 Å². The summed E-state index contributed by atoms with van der Waals surface area (Å²) in [7, 11) is 3.22. The number of nitrogens with zero attached hydrogens (tertiary/aromatic N) is 1. The predicted octanol–water partition coefficient (Wildman–Crippen LogP) is 2.34. The Labute approximate surface area is 116 Å². The Morgan fingerprint density at radius 3 is 2.75 bits per heavy atom. The Balaban J connectivity index is 1.93. The number of fused-ring (bicyclic) bond motifs is 1. The van der Waals surface area contributed by atoms with Crippen LogP contribution in [0.4, 0.5) is 0 Å². The van der Waals surface area contributed by atoms with E-state index in [1.807, 2.05) is 18.2 Å². The molecule has 3 rings (SSSR count). The molecular formula is C15H16N2O3. The normalized spacial score (nSPS) is 17.7. The van der Waals surface area contributed by atoms with Gasteiger partial charge in [0.25, 0.3) is 0 Å². The first-order valence-corrected chi connectivity index (χ1v) is 6.50. The summed E-state index contributed by atoms with van der Waals surface area (Å²) in [6, 6.07) is 5.81. The van der Waals surface area contributed by atoms with Gasteiger partial charge in [-0.2, -0.15) is 5.10 Å². The van der Waals surface area contributed by atoms with Crippen molar-refractivity contribution in [2.24, 2.45) is 0 Å². The molecule has 1 heterocycles. The molecule has 0 bridgehead atoms. The molecule has 104 valence electrons. The van der Waals surface area contributed by atoms with E-state index in [1.54, 1.807) is 20.4 Å². The third-order valence-corrected chi connectivity index (χ3v) is 3.78. The van der Waals surface area contributed by atoms with Crippen LogP contribution < -0.4 is 9.47 Å². The van der Waals surface area contributed by atoms with Crippen LogP contribution in [0.3, 0.4) is 0 Å². The van der Waals surface area contributed by atoms with Gasteiger partial charge in [0, 0.05) is 12.1 Å². The Kier molecular flexibility index (Phi) is 3.18. The van der Waals surface area contributed by atoms with Gasteiger partial charge in [0.15, 0.2) is 17.3 Å². The lowest BCUT2D eigenvalue weighted by molar-refractivity contribution is 0.0964. The molecule has 1 N–H and O–H groups in total. The molecular weight excluding hydrogens is 256 g/mol. The van der Waals surface area contributed by atoms with Crippen LogP contribution in [-0.4, -0.2) is 30.2 Å². The van der Waals surface area contributed by atoms with Crippen LogP contribution in [0.1, 0.15) is 34.0 Å². The lowest BCUT2D eigenvalue weighted by Crippen LogP contribution is -2.18. The molecule has 0 saturated heterocycles. The summed E-state index contributed by atoms with van der Waals surface area (Å²) in [4.78, 5) is 12.1. The molecule has 0 radical (unpaired) electrons. The van der Waals surface area contributed by atoms with Gasteiger partial charge >= 0.3 is 0 Å². The van der Waals surface area contributed by atoms with Crippen molar-refractivity contribution in [3.63, 3.8) is 0 Å². The summed E-state index contributed by atoms with van der Waals surface area (Å²) in [5.41, 5.74) is 2.72. The van der Waals surface area contributed by atoms with Crippen molar-refractivity contribution in [3.05, 3.63) is 41.2 Å². The lowest BCUT2D eigenvalue weighted by atomic mass is 9.82. The van der Waals surface area contributed by atoms with Gasteiger partial charge in [-0.1, -0.05) is 6.07 Å². The quantitative estimate of drug-likeness (QED) is 0.931. The van der Waals surface area contributed by atoms with Crippen molar-refractivity contribution >= 4 is 5.78 Å². The number of ether oxygens (including phenoxy) is 2. The van der Waals surface area contributed by atoms with Crippen LogP contribution in [0.5, 0.6) is 11.5 Å². The highest BCUT2D eigenvalue weighted by molar-refractivity contribution is 5.98. The van der Waals surface area contributed by atoms with Crippen LogP contribution in [0.15, 0.2) is 24.4 Å². The van der Waals surface area contributed by atoms with Gasteiger partial charge in [-0.3, -0.25) is 9.89 Å². The highest BCUT2D eigenvalue weighted by atomic mass is 16.5. The maximum absolute atomic E-state index is 12.1. The second-order valence-corrected chi connectivity index (χ2v) is 4.90. The number of H-pyrrole nitrogens is 1. The Bertz CT molecular complexity index is 648. The number of aromatic nitrogens is 2. The molecule has 1 aromatic carbocycles. The Hall–Kier alpha value is -2.30. The number of rotatable bonds is 3. The number of aromatic amines is 1. The molecule has 0 aliphatic heterocycles. The van der Waals surface area contributed by atoms with Crippen molar-refractivity contribution in [2.45, 2.75) is 18.8 Å². The lowest BCUT2D eigenvalue weighted by Gasteiger charge is -2.22. The monoisotopic (exact) mass is 272 g/mol. The minimum atomic E-state index is 0.139. The smallest absolute Gasteiger partial charge is 0.166 e. The molecule has 20 heavy (non-hydrogen) atoms.